The zero-order chi connectivity index (χ0) is 16.3. The zero-order valence-corrected chi connectivity index (χ0v) is 11.7. The van der Waals surface area contributed by atoms with Crippen molar-refractivity contribution in [3.63, 3.8) is 0 Å². The Balaban J connectivity index is 2.40. The zero-order valence-electron chi connectivity index (χ0n) is 10.9. The topological polar surface area (TPSA) is 113 Å². The number of nitrogens with zero attached hydrogens (tertiary/aromatic N) is 2. The Hall–Kier alpha value is -2.93. The second kappa shape index (κ2) is 6.23. The molecule has 8 heteroatoms. The SMILES string of the molecule is O=C(O)c1ccc(Cl)c(N=Cc2cc([N+](=O)[O-])ccc2O)c1. The molecule has 0 aliphatic carbocycles. The van der Waals surface area contributed by atoms with E-state index in [1.54, 1.807) is 0 Å². The lowest BCUT2D eigenvalue weighted by Crippen LogP contribution is -1.95. The van der Waals surface area contributed by atoms with Gasteiger partial charge in [0.2, 0.25) is 0 Å². The summed E-state index contributed by atoms with van der Waals surface area (Å²) in [7, 11) is 0. The van der Waals surface area contributed by atoms with E-state index in [4.69, 9.17) is 16.7 Å². The molecule has 0 fully saturated rings. The van der Waals surface area contributed by atoms with Crippen molar-refractivity contribution in [1.82, 2.24) is 0 Å². The third-order valence-corrected chi connectivity index (χ3v) is 3.08. The van der Waals surface area contributed by atoms with Crippen LogP contribution in [0.2, 0.25) is 5.02 Å². The molecule has 0 aliphatic heterocycles. The van der Waals surface area contributed by atoms with E-state index in [0.29, 0.717) is 0 Å². The van der Waals surface area contributed by atoms with Crippen LogP contribution in [0.1, 0.15) is 15.9 Å². The van der Waals surface area contributed by atoms with E-state index < -0.39 is 10.9 Å². The maximum Gasteiger partial charge on any atom is 0.335 e. The molecule has 0 radical (unpaired) electrons. The first-order valence-electron chi connectivity index (χ1n) is 5.93. The van der Waals surface area contributed by atoms with Gasteiger partial charge in [-0.15, -0.1) is 0 Å². The fraction of sp³-hybridized carbons (Fsp3) is 0. The molecule has 2 rings (SSSR count). The fourth-order valence-corrected chi connectivity index (χ4v) is 1.81. The standard InChI is InChI=1S/C14H9ClN2O5/c15-11-3-1-8(14(19)20)6-12(11)16-7-9-5-10(17(21)22)2-4-13(9)18/h1-7,18H,(H,19,20). The number of aromatic carboxylic acids is 1. The van der Waals surface area contributed by atoms with Gasteiger partial charge in [-0.3, -0.25) is 15.1 Å². The maximum atomic E-state index is 10.9. The second-order valence-corrected chi connectivity index (χ2v) is 4.64. The summed E-state index contributed by atoms with van der Waals surface area (Å²) in [5.74, 6) is -1.33. The maximum absolute atomic E-state index is 10.9. The van der Waals surface area contributed by atoms with Crippen molar-refractivity contribution in [2.45, 2.75) is 0 Å². The van der Waals surface area contributed by atoms with Gasteiger partial charge in [-0.25, -0.2) is 4.79 Å². The quantitative estimate of drug-likeness (QED) is 0.509. The first-order chi connectivity index (χ1) is 10.4. The molecule has 0 atom stereocenters. The van der Waals surface area contributed by atoms with Gasteiger partial charge in [0.1, 0.15) is 5.75 Å². The number of benzene rings is 2. The Morgan fingerprint density at radius 3 is 2.64 bits per heavy atom. The summed E-state index contributed by atoms with van der Waals surface area (Å²) in [6, 6.07) is 7.45. The molecule has 0 heterocycles. The van der Waals surface area contributed by atoms with Gasteiger partial charge < -0.3 is 10.2 Å². The van der Waals surface area contributed by atoms with E-state index >= 15 is 0 Å². The Labute approximate surface area is 129 Å². The predicted octanol–water partition coefficient (Wildman–Crippen LogP) is 3.40. The summed E-state index contributed by atoms with van der Waals surface area (Å²) in [6.45, 7) is 0. The molecular formula is C14H9ClN2O5. The van der Waals surface area contributed by atoms with Crippen molar-refractivity contribution in [3.05, 3.63) is 62.7 Å². The van der Waals surface area contributed by atoms with Crippen LogP contribution in [0.15, 0.2) is 41.4 Å². The van der Waals surface area contributed by atoms with Gasteiger partial charge in [-0.05, 0) is 24.3 Å². The van der Waals surface area contributed by atoms with Crippen molar-refractivity contribution < 1.29 is 19.9 Å². The average molecular weight is 321 g/mol. The number of hydrogen-bond acceptors (Lipinski definition) is 5. The van der Waals surface area contributed by atoms with Gasteiger partial charge in [0.25, 0.3) is 5.69 Å². The minimum absolute atomic E-state index is 0.000172. The van der Waals surface area contributed by atoms with Gasteiger partial charge in [0.15, 0.2) is 0 Å². The molecule has 0 spiro atoms. The fourth-order valence-electron chi connectivity index (χ4n) is 1.64. The number of nitro groups is 1. The van der Waals surface area contributed by atoms with Crippen LogP contribution in [0.5, 0.6) is 5.75 Å². The van der Waals surface area contributed by atoms with Gasteiger partial charge in [-0.2, -0.15) is 0 Å². The first kappa shape index (κ1) is 15.5. The van der Waals surface area contributed by atoms with Gasteiger partial charge in [0.05, 0.1) is 21.2 Å². The van der Waals surface area contributed by atoms with E-state index in [1.165, 1.54) is 30.5 Å². The van der Waals surface area contributed by atoms with Crippen LogP contribution >= 0.6 is 11.6 Å². The minimum Gasteiger partial charge on any atom is -0.507 e. The number of halogens is 1. The highest BCUT2D eigenvalue weighted by molar-refractivity contribution is 6.33. The molecule has 2 aromatic carbocycles. The Morgan fingerprint density at radius 1 is 1.27 bits per heavy atom. The van der Waals surface area contributed by atoms with E-state index in [2.05, 4.69) is 4.99 Å². The molecule has 0 unspecified atom stereocenters. The monoisotopic (exact) mass is 320 g/mol. The lowest BCUT2D eigenvalue weighted by Gasteiger charge is -2.01. The summed E-state index contributed by atoms with van der Waals surface area (Å²) >= 11 is 5.91. The molecular weight excluding hydrogens is 312 g/mol. The van der Waals surface area contributed by atoms with Crippen LogP contribution in [0.25, 0.3) is 0 Å². The third kappa shape index (κ3) is 3.39. The Bertz CT molecular complexity index is 723. The summed E-state index contributed by atoms with van der Waals surface area (Å²) < 4.78 is 0. The number of carboxylic acids is 1. The highest BCUT2D eigenvalue weighted by atomic mass is 35.5. The highest BCUT2D eigenvalue weighted by Crippen LogP contribution is 2.27. The molecule has 0 amide bonds. The highest BCUT2D eigenvalue weighted by Gasteiger charge is 2.10. The smallest absolute Gasteiger partial charge is 0.335 e. The molecule has 22 heavy (non-hydrogen) atoms. The van der Waals surface area contributed by atoms with Crippen LogP contribution in [0.3, 0.4) is 0 Å². The number of nitro benzene ring substituents is 1. The summed E-state index contributed by atoms with van der Waals surface area (Å²) in [6.07, 6.45) is 1.18. The van der Waals surface area contributed by atoms with Gasteiger partial charge >= 0.3 is 5.97 Å². The molecule has 0 aromatic heterocycles. The van der Waals surface area contributed by atoms with Crippen molar-refractivity contribution in [1.29, 1.82) is 0 Å². The van der Waals surface area contributed by atoms with E-state index in [0.717, 1.165) is 12.1 Å². The summed E-state index contributed by atoms with van der Waals surface area (Å²) in [4.78, 5) is 25.0. The van der Waals surface area contributed by atoms with Crippen molar-refractivity contribution in [2.75, 3.05) is 0 Å². The van der Waals surface area contributed by atoms with E-state index in [1.807, 2.05) is 0 Å². The molecule has 112 valence electrons. The summed E-state index contributed by atoms with van der Waals surface area (Å²) in [5.41, 5.74) is 0.0860. The Kier molecular flexibility index (Phi) is 4.38. The number of phenols is 1. The Morgan fingerprint density at radius 2 is 2.00 bits per heavy atom. The number of rotatable bonds is 4. The summed E-state index contributed by atoms with van der Waals surface area (Å²) in [5, 5.41) is 29.5. The molecule has 0 aliphatic rings. The van der Waals surface area contributed by atoms with Crippen molar-refractivity contribution >= 4 is 35.2 Å². The van der Waals surface area contributed by atoms with Crippen LogP contribution in [0, 0.1) is 10.1 Å². The van der Waals surface area contributed by atoms with Crippen molar-refractivity contribution in [2.24, 2.45) is 4.99 Å². The number of hydrogen-bond donors (Lipinski definition) is 2. The molecule has 0 saturated heterocycles. The van der Waals surface area contributed by atoms with Crippen LogP contribution in [0.4, 0.5) is 11.4 Å². The lowest BCUT2D eigenvalue weighted by molar-refractivity contribution is -0.384. The molecule has 0 bridgehead atoms. The normalized spacial score (nSPS) is 10.8. The molecule has 2 aromatic rings. The van der Waals surface area contributed by atoms with Crippen LogP contribution < -0.4 is 0 Å². The van der Waals surface area contributed by atoms with Crippen molar-refractivity contribution in [3.8, 4) is 5.75 Å². The molecule has 2 N–H and O–H groups in total. The number of aliphatic imine (C=N–C) groups is 1. The molecule has 7 nitrogen and oxygen atoms in total. The van der Waals surface area contributed by atoms with Crippen LogP contribution in [-0.2, 0) is 0 Å². The average Bonchev–Trinajstić information content (AvgIpc) is 2.47. The molecule has 0 saturated carbocycles. The minimum atomic E-state index is -1.13. The largest absolute Gasteiger partial charge is 0.507 e. The number of aromatic hydroxyl groups is 1. The number of carboxylic acid groups (broad SMARTS) is 1. The van der Waals surface area contributed by atoms with Gasteiger partial charge in [0, 0.05) is 23.9 Å². The number of carbonyl (C=O) groups is 1. The van der Waals surface area contributed by atoms with Crippen LogP contribution in [-0.4, -0.2) is 27.3 Å². The predicted molar refractivity (Wildman–Crippen MR) is 80.4 cm³/mol. The van der Waals surface area contributed by atoms with Gasteiger partial charge in [-0.1, -0.05) is 11.6 Å². The second-order valence-electron chi connectivity index (χ2n) is 4.23. The first-order valence-corrected chi connectivity index (χ1v) is 6.30. The number of non-ortho nitro benzene ring substituents is 1. The number of phenolic OH excluding ortho intramolecular Hbond substituents is 1. The van der Waals surface area contributed by atoms with E-state index in [9.17, 15) is 20.0 Å². The third-order valence-electron chi connectivity index (χ3n) is 2.76. The lowest BCUT2D eigenvalue weighted by atomic mass is 10.2. The van der Waals surface area contributed by atoms with E-state index in [-0.39, 0.29) is 33.3 Å².